The highest BCUT2D eigenvalue weighted by Crippen LogP contribution is 2.15. The number of hydrogen-bond acceptors (Lipinski definition) is 4. The Morgan fingerprint density at radius 2 is 1.88 bits per heavy atom. The average molecular weight is 373 g/mol. The fraction of sp³-hybridized carbons (Fsp3) is 0.200. The summed E-state index contributed by atoms with van der Waals surface area (Å²) in [5, 5.41) is 2.59. The zero-order valence-electron chi connectivity index (χ0n) is 14.4. The number of hydrogen-bond donors (Lipinski definition) is 1. The first-order valence-electron chi connectivity index (χ1n) is 8.07. The molecule has 2 aromatic rings. The molecule has 2 aromatic carbocycles. The van der Waals surface area contributed by atoms with Crippen LogP contribution in [0.2, 0.25) is 0 Å². The first kappa shape index (κ1) is 19.7. The molecule has 2 rings (SSSR count). The number of benzene rings is 2. The number of esters is 1. The molecular weight excluding hydrogens is 353 g/mol. The molecule has 0 aromatic heterocycles. The summed E-state index contributed by atoms with van der Waals surface area (Å²) < 4.78 is 18.3. The molecule has 1 amide bonds. The molecule has 136 valence electrons. The quantitative estimate of drug-likeness (QED) is 0.437. The van der Waals surface area contributed by atoms with Gasteiger partial charge in [0.05, 0.1) is 0 Å². The van der Waals surface area contributed by atoms with Gasteiger partial charge in [0, 0.05) is 17.5 Å². The van der Waals surface area contributed by atoms with Crippen molar-refractivity contribution in [1.82, 2.24) is 5.32 Å². The second-order valence-electron chi connectivity index (χ2n) is 5.41. The summed E-state index contributed by atoms with van der Waals surface area (Å²) in [6.07, 6.45) is 5.27. The standard InChI is InChI=1S/C20H20FNO3S/c1-26-17-9-6-15(7-10-17)8-11-20(24)25-14-19(23)22-13-12-16-4-2-3-5-18(16)21/h2-11H,12-14H2,1H3,(H,22,23)/b11-8+. The zero-order valence-corrected chi connectivity index (χ0v) is 15.2. The number of amides is 1. The van der Waals surface area contributed by atoms with E-state index in [2.05, 4.69) is 5.32 Å². The highest BCUT2D eigenvalue weighted by atomic mass is 32.2. The third-order valence-electron chi connectivity index (χ3n) is 3.55. The van der Waals surface area contributed by atoms with Crippen molar-refractivity contribution < 1.29 is 18.7 Å². The lowest BCUT2D eigenvalue weighted by Crippen LogP contribution is -2.30. The van der Waals surface area contributed by atoms with Crippen molar-refractivity contribution in [2.75, 3.05) is 19.4 Å². The molecule has 0 fully saturated rings. The van der Waals surface area contributed by atoms with Gasteiger partial charge in [-0.2, -0.15) is 0 Å². The van der Waals surface area contributed by atoms with E-state index in [1.165, 1.54) is 12.1 Å². The Bertz CT molecular complexity index is 775. The minimum Gasteiger partial charge on any atom is -0.452 e. The van der Waals surface area contributed by atoms with Crippen LogP contribution in [0.1, 0.15) is 11.1 Å². The zero-order chi connectivity index (χ0) is 18.8. The van der Waals surface area contributed by atoms with Crippen molar-refractivity contribution in [3.8, 4) is 0 Å². The third-order valence-corrected chi connectivity index (χ3v) is 4.29. The summed E-state index contributed by atoms with van der Waals surface area (Å²) in [6, 6.07) is 14.1. The van der Waals surface area contributed by atoms with E-state index in [-0.39, 0.29) is 19.0 Å². The van der Waals surface area contributed by atoms with Gasteiger partial charge in [-0.05, 0) is 48.1 Å². The van der Waals surface area contributed by atoms with Gasteiger partial charge >= 0.3 is 5.97 Å². The second-order valence-corrected chi connectivity index (χ2v) is 6.29. The first-order valence-corrected chi connectivity index (χ1v) is 9.30. The molecule has 6 heteroatoms. The van der Waals surface area contributed by atoms with Crippen molar-refractivity contribution in [3.05, 3.63) is 71.6 Å². The smallest absolute Gasteiger partial charge is 0.331 e. The van der Waals surface area contributed by atoms with Gasteiger partial charge in [0.1, 0.15) is 5.82 Å². The first-order chi connectivity index (χ1) is 12.6. The van der Waals surface area contributed by atoms with Gasteiger partial charge in [-0.3, -0.25) is 4.79 Å². The Kier molecular flexibility index (Phi) is 7.89. The van der Waals surface area contributed by atoms with E-state index < -0.39 is 11.9 Å². The summed E-state index contributed by atoms with van der Waals surface area (Å²) in [5.41, 5.74) is 1.40. The number of carbonyl (C=O) groups is 2. The van der Waals surface area contributed by atoms with Gasteiger partial charge in [0.15, 0.2) is 6.61 Å². The van der Waals surface area contributed by atoms with E-state index in [9.17, 15) is 14.0 Å². The Hall–Kier alpha value is -2.60. The monoisotopic (exact) mass is 373 g/mol. The highest BCUT2D eigenvalue weighted by Gasteiger charge is 2.06. The number of halogens is 1. The number of carbonyl (C=O) groups excluding carboxylic acids is 2. The summed E-state index contributed by atoms with van der Waals surface area (Å²) in [4.78, 5) is 24.4. The van der Waals surface area contributed by atoms with Gasteiger partial charge in [-0.1, -0.05) is 30.3 Å². The third kappa shape index (κ3) is 6.72. The largest absolute Gasteiger partial charge is 0.452 e. The summed E-state index contributed by atoms with van der Waals surface area (Å²) >= 11 is 1.64. The number of rotatable bonds is 8. The predicted octanol–water partition coefficient (Wildman–Crippen LogP) is 3.46. The van der Waals surface area contributed by atoms with Crippen LogP contribution in [0.15, 0.2) is 59.5 Å². The van der Waals surface area contributed by atoms with Crippen molar-refractivity contribution in [2.45, 2.75) is 11.3 Å². The van der Waals surface area contributed by atoms with E-state index in [0.717, 1.165) is 10.5 Å². The van der Waals surface area contributed by atoms with Crippen molar-refractivity contribution in [1.29, 1.82) is 0 Å². The lowest BCUT2D eigenvalue weighted by Gasteiger charge is -2.06. The molecule has 1 N–H and O–H groups in total. The van der Waals surface area contributed by atoms with Crippen LogP contribution >= 0.6 is 11.8 Å². The normalized spacial score (nSPS) is 10.7. The number of thioether (sulfide) groups is 1. The van der Waals surface area contributed by atoms with Crippen molar-refractivity contribution in [2.24, 2.45) is 0 Å². The number of nitrogens with one attached hydrogen (secondary N) is 1. The van der Waals surface area contributed by atoms with Gasteiger partial charge in [-0.15, -0.1) is 11.8 Å². The van der Waals surface area contributed by atoms with E-state index in [4.69, 9.17) is 4.74 Å². The molecule has 0 atom stereocenters. The Morgan fingerprint density at radius 3 is 2.58 bits per heavy atom. The Labute approximate surface area is 156 Å². The topological polar surface area (TPSA) is 55.4 Å². The fourth-order valence-electron chi connectivity index (χ4n) is 2.15. The van der Waals surface area contributed by atoms with Crippen LogP contribution < -0.4 is 5.32 Å². The van der Waals surface area contributed by atoms with E-state index in [0.29, 0.717) is 12.0 Å². The van der Waals surface area contributed by atoms with Gasteiger partial charge in [0.2, 0.25) is 0 Å². The molecular formula is C20H20FNO3S. The summed E-state index contributed by atoms with van der Waals surface area (Å²) in [7, 11) is 0. The SMILES string of the molecule is CSc1ccc(/C=C/C(=O)OCC(=O)NCCc2ccccc2F)cc1. The molecule has 0 unspecified atom stereocenters. The average Bonchev–Trinajstić information content (AvgIpc) is 2.66. The van der Waals surface area contributed by atoms with Crippen LogP contribution in [-0.2, 0) is 20.7 Å². The molecule has 0 saturated carbocycles. The van der Waals surface area contributed by atoms with E-state index >= 15 is 0 Å². The molecule has 0 aliphatic rings. The second kappa shape index (κ2) is 10.4. The predicted molar refractivity (Wildman–Crippen MR) is 101 cm³/mol. The van der Waals surface area contributed by atoms with Crippen LogP contribution in [0.25, 0.3) is 6.08 Å². The summed E-state index contributed by atoms with van der Waals surface area (Å²) in [6.45, 7) is -0.0964. The maximum atomic E-state index is 13.4. The molecule has 0 heterocycles. The maximum absolute atomic E-state index is 13.4. The van der Waals surface area contributed by atoms with E-state index in [1.807, 2.05) is 30.5 Å². The molecule has 0 saturated heterocycles. The minimum absolute atomic E-state index is 0.273. The Morgan fingerprint density at radius 1 is 1.15 bits per heavy atom. The van der Waals surface area contributed by atoms with Crippen molar-refractivity contribution >= 4 is 29.7 Å². The lowest BCUT2D eigenvalue weighted by molar-refractivity contribution is -0.143. The molecule has 4 nitrogen and oxygen atoms in total. The fourth-order valence-corrected chi connectivity index (χ4v) is 2.56. The molecule has 0 bridgehead atoms. The van der Waals surface area contributed by atoms with Crippen molar-refractivity contribution in [3.63, 3.8) is 0 Å². The van der Waals surface area contributed by atoms with Crippen LogP contribution in [0.3, 0.4) is 0 Å². The lowest BCUT2D eigenvalue weighted by atomic mass is 10.1. The summed E-state index contributed by atoms with van der Waals surface area (Å²) in [5.74, 6) is -1.32. The number of ether oxygens (including phenoxy) is 1. The van der Waals surface area contributed by atoms with Crippen LogP contribution in [0.4, 0.5) is 4.39 Å². The molecule has 0 aliphatic heterocycles. The maximum Gasteiger partial charge on any atom is 0.331 e. The van der Waals surface area contributed by atoms with E-state index in [1.54, 1.807) is 36.0 Å². The van der Waals surface area contributed by atoms with Gasteiger partial charge < -0.3 is 10.1 Å². The minimum atomic E-state index is -0.594. The Balaban J connectivity index is 1.68. The molecule has 26 heavy (non-hydrogen) atoms. The van der Waals surface area contributed by atoms with Gasteiger partial charge in [0.25, 0.3) is 5.91 Å². The molecule has 0 aliphatic carbocycles. The van der Waals surface area contributed by atoms with Crippen LogP contribution in [0, 0.1) is 5.82 Å². The molecule has 0 radical (unpaired) electrons. The van der Waals surface area contributed by atoms with Crippen LogP contribution in [0.5, 0.6) is 0 Å². The molecule has 0 spiro atoms. The van der Waals surface area contributed by atoms with Crippen LogP contribution in [-0.4, -0.2) is 31.3 Å². The highest BCUT2D eigenvalue weighted by molar-refractivity contribution is 7.98. The van der Waals surface area contributed by atoms with Gasteiger partial charge in [-0.25, -0.2) is 9.18 Å².